The maximum Gasteiger partial charge on any atom is 0.311 e. The summed E-state index contributed by atoms with van der Waals surface area (Å²) in [6.45, 7) is 5.14. The van der Waals surface area contributed by atoms with Crippen LogP contribution in [0.2, 0.25) is 0 Å². The van der Waals surface area contributed by atoms with Crippen molar-refractivity contribution in [1.82, 2.24) is 15.6 Å². The number of nitrogens with zero attached hydrogens (tertiary/aromatic N) is 3. The van der Waals surface area contributed by atoms with E-state index in [2.05, 4.69) is 20.3 Å². The molecular weight excluding hydrogens is 276 g/mol. The molecule has 0 fully saturated rings. The van der Waals surface area contributed by atoms with Gasteiger partial charge in [0, 0.05) is 12.6 Å². The van der Waals surface area contributed by atoms with Gasteiger partial charge in [-0.25, -0.2) is 4.63 Å². The average molecular weight is 292 g/mol. The second-order valence-corrected chi connectivity index (χ2v) is 4.42. The molecule has 2 aromatic rings. The van der Waals surface area contributed by atoms with Crippen LogP contribution in [-0.4, -0.2) is 21.8 Å². The van der Waals surface area contributed by atoms with Crippen molar-refractivity contribution < 1.29 is 14.3 Å². The zero-order chi connectivity index (χ0) is 15.2. The molecule has 0 spiro atoms. The van der Waals surface area contributed by atoms with E-state index in [9.17, 15) is 10.1 Å². The SMILES string of the molecule is CCNCc1ccc(OCc2nonc2C)c([N+](=O)[O-])c1. The molecule has 0 bridgehead atoms. The Labute approximate surface area is 121 Å². The Bertz CT molecular complexity index is 626. The number of hydrogen-bond acceptors (Lipinski definition) is 7. The van der Waals surface area contributed by atoms with Gasteiger partial charge >= 0.3 is 5.69 Å². The largest absolute Gasteiger partial charge is 0.480 e. The highest BCUT2D eigenvalue weighted by Gasteiger charge is 2.17. The summed E-state index contributed by atoms with van der Waals surface area (Å²) >= 11 is 0. The van der Waals surface area contributed by atoms with Crippen molar-refractivity contribution >= 4 is 5.69 Å². The third-order valence-electron chi connectivity index (χ3n) is 2.91. The van der Waals surface area contributed by atoms with Gasteiger partial charge in [0.2, 0.25) is 0 Å². The Morgan fingerprint density at radius 3 is 2.86 bits per heavy atom. The highest BCUT2D eigenvalue weighted by atomic mass is 16.6. The summed E-state index contributed by atoms with van der Waals surface area (Å²) in [7, 11) is 0. The number of rotatable bonds is 7. The Morgan fingerprint density at radius 1 is 1.43 bits per heavy atom. The highest BCUT2D eigenvalue weighted by molar-refractivity contribution is 5.48. The lowest BCUT2D eigenvalue weighted by Crippen LogP contribution is -2.12. The Morgan fingerprint density at radius 2 is 2.24 bits per heavy atom. The number of nitrogens with one attached hydrogen (secondary N) is 1. The van der Waals surface area contributed by atoms with E-state index in [1.54, 1.807) is 19.1 Å². The van der Waals surface area contributed by atoms with Crippen LogP contribution in [0.15, 0.2) is 22.8 Å². The van der Waals surface area contributed by atoms with Crippen LogP contribution in [0.1, 0.15) is 23.9 Å². The molecule has 0 saturated carbocycles. The monoisotopic (exact) mass is 292 g/mol. The minimum Gasteiger partial charge on any atom is -0.480 e. The lowest BCUT2D eigenvalue weighted by molar-refractivity contribution is -0.386. The van der Waals surface area contributed by atoms with Gasteiger partial charge in [0.25, 0.3) is 0 Å². The second-order valence-electron chi connectivity index (χ2n) is 4.42. The first-order valence-electron chi connectivity index (χ1n) is 6.50. The molecule has 21 heavy (non-hydrogen) atoms. The van der Waals surface area contributed by atoms with E-state index in [4.69, 9.17) is 4.74 Å². The number of hydrogen-bond donors (Lipinski definition) is 1. The molecule has 8 nitrogen and oxygen atoms in total. The van der Waals surface area contributed by atoms with Crippen molar-refractivity contribution in [2.75, 3.05) is 6.54 Å². The number of ether oxygens (including phenoxy) is 1. The third-order valence-corrected chi connectivity index (χ3v) is 2.91. The first-order chi connectivity index (χ1) is 10.1. The van der Waals surface area contributed by atoms with Crippen molar-refractivity contribution in [3.05, 3.63) is 45.3 Å². The number of aromatic nitrogens is 2. The molecule has 0 aliphatic heterocycles. The minimum absolute atomic E-state index is 0.0699. The van der Waals surface area contributed by atoms with Crippen LogP contribution in [0, 0.1) is 17.0 Å². The molecule has 0 amide bonds. The van der Waals surface area contributed by atoms with Gasteiger partial charge in [-0.1, -0.05) is 23.3 Å². The molecule has 0 aliphatic rings. The Hall–Kier alpha value is -2.48. The van der Waals surface area contributed by atoms with Gasteiger partial charge in [-0.2, -0.15) is 0 Å². The maximum atomic E-state index is 11.1. The number of nitro benzene ring substituents is 1. The summed E-state index contributed by atoms with van der Waals surface area (Å²) in [6, 6.07) is 4.89. The van der Waals surface area contributed by atoms with Crippen LogP contribution in [0.4, 0.5) is 5.69 Å². The average Bonchev–Trinajstić information content (AvgIpc) is 2.88. The number of nitro groups is 1. The standard InChI is InChI=1S/C13H16N4O4/c1-3-14-7-10-4-5-13(12(6-10)17(18)19)20-8-11-9(2)15-21-16-11/h4-6,14H,3,7-8H2,1-2H3. The minimum atomic E-state index is -0.460. The molecule has 112 valence electrons. The van der Waals surface area contributed by atoms with Crippen molar-refractivity contribution in [1.29, 1.82) is 0 Å². The van der Waals surface area contributed by atoms with Gasteiger partial charge in [0.05, 0.1) is 4.92 Å². The fourth-order valence-electron chi connectivity index (χ4n) is 1.73. The fraction of sp³-hybridized carbons (Fsp3) is 0.385. The van der Waals surface area contributed by atoms with Crippen LogP contribution in [0.25, 0.3) is 0 Å². The molecule has 1 aromatic carbocycles. The van der Waals surface area contributed by atoms with Gasteiger partial charge in [0.15, 0.2) is 5.75 Å². The van der Waals surface area contributed by atoms with Gasteiger partial charge in [-0.05, 0) is 25.1 Å². The molecule has 0 radical (unpaired) electrons. The Balaban J connectivity index is 2.14. The number of aryl methyl sites for hydroxylation is 1. The zero-order valence-corrected chi connectivity index (χ0v) is 11.8. The highest BCUT2D eigenvalue weighted by Crippen LogP contribution is 2.28. The van der Waals surface area contributed by atoms with Crippen LogP contribution in [-0.2, 0) is 13.2 Å². The molecule has 2 rings (SSSR count). The number of benzene rings is 1. The van der Waals surface area contributed by atoms with E-state index < -0.39 is 4.92 Å². The predicted molar refractivity (Wildman–Crippen MR) is 73.8 cm³/mol. The first kappa shape index (κ1) is 14.9. The Kier molecular flexibility index (Phi) is 4.83. The molecule has 1 aromatic heterocycles. The topological polar surface area (TPSA) is 103 Å². The van der Waals surface area contributed by atoms with Crippen LogP contribution >= 0.6 is 0 Å². The van der Waals surface area contributed by atoms with E-state index in [0.717, 1.165) is 12.1 Å². The van der Waals surface area contributed by atoms with E-state index in [-0.39, 0.29) is 18.0 Å². The van der Waals surface area contributed by atoms with Crippen LogP contribution in [0.5, 0.6) is 5.75 Å². The zero-order valence-electron chi connectivity index (χ0n) is 11.8. The van der Waals surface area contributed by atoms with Gasteiger partial charge in [-0.15, -0.1) is 0 Å². The molecule has 0 unspecified atom stereocenters. The first-order valence-corrected chi connectivity index (χ1v) is 6.50. The molecule has 0 aliphatic carbocycles. The summed E-state index contributed by atoms with van der Waals surface area (Å²) in [6.07, 6.45) is 0. The van der Waals surface area contributed by atoms with E-state index in [1.807, 2.05) is 6.92 Å². The van der Waals surface area contributed by atoms with Crippen molar-refractivity contribution in [3.63, 3.8) is 0 Å². The lowest BCUT2D eigenvalue weighted by atomic mass is 10.2. The summed E-state index contributed by atoms with van der Waals surface area (Å²) < 4.78 is 10.0. The van der Waals surface area contributed by atoms with Gasteiger partial charge in [-0.3, -0.25) is 10.1 Å². The van der Waals surface area contributed by atoms with E-state index >= 15 is 0 Å². The lowest BCUT2D eigenvalue weighted by Gasteiger charge is -2.07. The molecular formula is C13H16N4O4. The summed E-state index contributed by atoms with van der Waals surface area (Å²) in [5, 5.41) is 21.6. The molecule has 0 saturated heterocycles. The second kappa shape index (κ2) is 6.80. The quantitative estimate of drug-likeness (QED) is 0.614. The summed E-state index contributed by atoms with van der Waals surface area (Å²) in [4.78, 5) is 10.7. The van der Waals surface area contributed by atoms with Gasteiger partial charge < -0.3 is 10.1 Å². The molecule has 1 heterocycles. The fourth-order valence-corrected chi connectivity index (χ4v) is 1.73. The van der Waals surface area contributed by atoms with Crippen molar-refractivity contribution in [3.8, 4) is 5.75 Å². The maximum absolute atomic E-state index is 11.1. The predicted octanol–water partition coefficient (Wildman–Crippen LogP) is 1.97. The van der Waals surface area contributed by atoms with E-state index in [1.165, 1.54) is 6.07 Å². The van der Waals surface area contributed by atoms with Crippen molar-refractivity contribution in [2.45, 2.75) is 27.0 Å². The normalized spacial score (nSPS) is 10.6. The van der Waals surface area contributed by atoms with Crippen LogP contribution < -0.4 is 10.1 Å². The van der Waals surface area contributed by atoms with Crippen LogP contribution in [0.3, 0.4) is 0 Å². The molecule has 0 atom stereocenters. The van der Waals surface area contributed by atoms with E-state index in [0.29, 0.717) is 17.9 Å². The molecule has 8 heteroatoms. The molecule has 1 N–H and O–H groups in total. The summed E-state index contributed by atoms with van der Waals surface area (Å²) in [5.74, 6) is 0.197. The summed E-state index contributed by atoms with van der Waals surface area (Å²) in [5.41, 5.74) is 1.87. The smallest absolute Gasteiger partial charge is 0.311 e. The van der Waals surface area contributed by atoms with Gasteiger partial charge in [0.1, 0.15) is 18.0 Å². The third kappa shape index (κ3) is 3.76. The van der Waals surface area contributed by atoms with Crippen molar-refractivity contribution in [2.24, 2.45) is 0 Å².